The van der Waals surface area contributed by atoms with Crippen LogP contribution in [0, 0.1) is 4.78 Å². The van der Waals surface area contributed by atoms with E-state index in [0.29, 0.717) is 19.0 Å². The van der Waals surface area contributed by atoms with Crippen molar-refractivity contribution in [2.45, 2.75) is 62.1 Å². The van der Waals surface area contributed by atoms with E-state index < -0.39 is 15.9 Å². The molecule has 11 heteroatoms. The monoisotopic (exact) mass is 486 g/mol. The third-order valence-electron chi connectivity index (χ3n) is 7.54. The van der Waals surface area contributed by atoms with E-state index in [-0.39, 0.29) is 17.0 Å². The number of methoxy groups -OCH3 is 1. The highest BCUT2D eigenvalue weighted by Crippen LogP contribution is 2.38. The van der Waals surface area contributed by atoms with Gasteiger partial charge in [0.2, 0.25) is 5.88 Å². The number of hydrogen-bond donors (Lipinski definition) is 3. The summed E-state index contributed by atoms with van der Waals surface area (Å²) in [5.74, 6) is 0.293. The highest BCUT2D eigenvalue weighted by atomic mass is 32.2. The summed E-state index contributed by atoms with van der Waals surface area (Å²) in [6, 6.07) is 1.81. The molecular formula is C23H30N6O4S. The topological polar surface area (TPSA) is 122 Å². The van der Waals surface area contributed by atoms with Crippen LogP contribution in [0.1, 0.15) is 35.1 Å². The zero-order valence-corrected chi connectivity index (χ0v) is 20.1. The molecule has 2 atom stereocenters. The van der Waals surface area contributed by atoms with Gasteiger partial charge in [-0.05, 0) is 60.8 Å². The van der Waals surface area contributed by atoms with Gasteiger partial charge in [-0.2, -0.15) is 5.10 Å². The molecule has 10 nitrogen and oxygen atoms in total. The first kappa shape index (κ1) is 21.9. The average Bonchev–Trinajstić information content (AvgIpc) is 3.51. The number of benzene rings is 1. The quantitative estimate of drug-likeness (QED) is 0.595. The molecule has 2 amide bonds. The maximum Gasteiger partial charge on any atom is 0.331 e. The number of aryl methyl sites for hydroxylation is 2. The Labute approximate surface area is 199 Å². The number of urea groups is 1. The van der Waals surface area contributed by atoms with Gasteiger partial charge in [0.25, 0.3) is 0 Å². The van der Waals surface area contributed by atoms with Crippen molar-refractivity contribution >= 4 is 21.6 Å². The molecule has 6 rings (SSSR count). The molecular weight excluding hydrogens is 456 g/mol. The molecule has 2 aliphatic carbocycles. The largest absolute Gasteiger partial charge is 0.475 e. The van der Waals surface area contributed by atoms with Crippen LogP contribution in [0.25, 0.3) is 0 Å². The molecule has 0 unspecified atom stereocenters. The second-order valence-electron chi connectivity index (χ2n) is 9.62. The molecule has 0 spiro atoms. The van der Waals surface area contributed by atoms with Gasteiger partial charge in [-0.3, -0.25) is 4.90 Å². The number of carbonyl (C=O) groups excluding carboxylic acids is 1. The number of hydrogen-bond acceptors (Lipinski definition) is 7. The van der Waals surface area contributed by atoms with Crippen LogP contribution in [-0.2, 0) is 46.9 Å². The van der Waals surface area contributed by atoms with Crippen LogP contribution in [0.3, 0.4) is 0 Å². The number of fused-ring (bicyclic) bond motifs is 3. The first-order valence-electron chi connectivity index (χ1n) is 11.9. The summed E-state index contributed by atoms with van der Waals surface area (Å²) in [5, 5.41) is 7.25. The Balaban J connectivity index is 1.17. The van der Waals surface area contributed by atoms with Gasteiger partial charge in [0.1, 0.15) is 11.5 Å². The van der Waals surface area contributed by atoms with Crippen molar-refractivity contribution in [3.63, 3.8) is 0 Å². The van der Waals surface area contributed by atoms with E-state index in [1.807, 2.05) is 0 Å². The van der Waals surface area contributed by atoms with Gasteiger partial charge < -0.3 is 14.8 Å². The van der Waals surface area contributed by atoms with Crippen molar-refractivity contribution in [2.75, 3.05) is 32.1 Å². The lowest BCUT2D eigenvalue weighted by atomic mass is 9.99. The summed E-state index contributed by atoms with van der Waals surface area (Å²) in [6.45, 7) is 2.69. The number of nitrogens with one attached hydrogen (secondary N) is 3. The molecule has 34 heavy (non-hydrogen) atoms. The zero-order chi connectivity index (χ0) is 23.4. The Morgan fingerprint density at radius 1 is 1.18 bits per heavy atom. The van der Waals surface area contributed by atoms with Gasteiger partial charge >= 0.3 is 6.03 Å². The second-order valence-corrected chi connectivity index (χ2v) is 11.4. The van der Waals surface area contributed by atoms with E-state index in [0.717, 1.165) is 57.3 Å². The number of carbonyl (C=O) groups is 1. The molecule has 1 aromatic carbocycles. The van der Waals surface area contributed by atoms with Crippen LogP contribution in [-0.4, -0.2) is 63.9 Å². The number of amides is 2. The fourth-order valence-electron chi connectivity index (χ4n) is 5.69. The van der Waals surface area contributed by atoms with E-state index >= 15 is 0 Å². The van der Waals surface area contributed by atoms with E-state index in [4.69, 9.17) is 14.3 Å². The zero-order valence-electron chi connectivity index (χ0n) is 19.3. The molecule has 3 N–H and O–H groups in total. The fourth-order valence-corrected chi connectivity index (χ4v) is 6.71. The molecule has 3 heterocycles. The van der Waals surface area contributed by atoms with Gasteiger partial charge in [0.15, 0.2) is 9.92 Å². The van der Waals surface area contributed by atoms with Crippen molar-refractivity contribution in [1.82, 2.24) is 19.4 Å². The van der Waals surface area contributed by atoms with Crippen LogP contribution < -0.4 is 14.8 Å². The van der Waals surface area contributed by atoms with Gasteiger partial charge in [-0.25, -0.2) is 23.2 Å². The minimum atomic E-state index is -3.65. The number of rotatable bonds is 5. The summed E-state index contributed by atoms with van der Waals surface area (Å²) in [7, 11) is -1.94. The first-order chi connectivity index (χ1) is 16.4. The molecule has 182 valence electrons. The number of anilines is 1. The maximum absolute atomic E-state index is 13.3. The van der Waals surface area contributed by atoms with Crippen LogP contribution in [0.4, 0.5) is 10.5 Å². The highest BCUT2D eigenvalue weighted by Gasteiger charge is 2.37. The lowest BCUT2D eigenvalue weighted by Gasteiger charge is -2.44. The van der Waals surface area contributed by atoms with Crippen molar-refractivity contribution in [2.24, 2.45) is 0 Å². The fraction of sp³-hybridized carbons (Fsp3) is 0.565. The predicted molar refractivity (Wildman–Crippen MR) is 126 cm³/mol. The summed E-state index contributed by atoms with van der Waals surface area (Å²) in [5.41, 5.74) is 5.83. The summed E-state index contributed by atoms with van der Waals surface area (Å²) < 4.78 is 37.0. The van der Waals surface area contributed by atoms with Crippen LogP contribution >= 0.6 is 0 Å². The highest BCUT2D eigenvalue weighted by molar-refractivity contribution is 7.91. The normalized spacial score (nSPS) is 23.3. The molecule has 4 aliphatic rings. The van der Waals surface area contributed by atoms with Gasteiger partial charge in [-0.1, -0.05) is 6.07 Å². The van der Waals surface area contributed by atoms with Crippen molar-refractivity contribution in [1.29, 1.82) is 4.78 Å². The Kier molecular flexibility index (Phi) is 5.30. The van der Waals surface area contributed by atoms with E-state index in [9.17, 15) is 9.00 Å². The molecule has 2 aromatic rings. The molecule has 1 saturated heterocycles. The first-order valence-corrected chi connectivity index (χ1v) is 13.5. The van der Waals surface area contributed by atoms with E-state index in [2.05, 4.69) is 26.1 Å². The molecule has 2 aliphatic heterocycles. The Morgan fingerprint density at radius 2 is 1.88 bits per heavy atom. The third kappa shape index (κ3) is 3.66. The molecule has 0 radical (unpaired) electrons. The van der Waals surface area contributed by atoms with Crippen LogP contribution in [0.5, 0.6) is 5.88 Å². The smallest absolute Gasteiger partial charge is 0.331 e. The molecule has 0 bridgehead atoms. The lowest BCUT2D eigenvalue weighted by molar-refractivity contribution is -0.0687. The van der Waals surface area contributed by atoms with E-state index in [1.165, 1.54) is 28.5 Å². The second kappa shape index (κ2) is 8.24. The minimum absolute atomic E-state index is 0.1000. The van der Waals surface area contributed by atoms with E-state index in [1.54, 1.807) is 11.8 Å². The van der Waals surface area contributed by atoms with Crippen molar-refractivity contribution in [3.05, 3.63) is 34.5 Å². The van der Waals surface area contributed by atoms with Gasteiger partial charge in [0.05, 0.1) is 24.9 Å². The van der Waals surface area contributed by atoms with Gasteiger partial charge in [0, 0.05) is 25.9 Å². The van der Waals surface area contributed by atoms with Crippen molar-refractivity contribution in [3.8, 4) is 5.88 Å². The van der Waals surface area contributed by atoms with Crippen molar-refractivity contribution < 1.29 is 18.5 Å². The number of ether oxygens (including phenoxy) is 2. The summed E-state index contributed by atoms with van der Waals surface area (Å²) >= 11 is 0. The Hall–Kier alpha value is -2.63. The maximum atomic E-state index is 13.3. The summed E-state index contributed by atoms with van der Waals surface area (Å²) in [4.78, 5) is 15.3. The number of aromatic nitrogens is 2. The standard InChI is InChI=1S/C23H30N6O4S/c1-32-17-11-28(12-17)16-10-29-22(33-13-16)20(9-25-29)34(24,31)27-23(30)26-21-18-6-2-4-14(18)8-15-5-3-7-19(15)21/h8-9,16-17H,2-7,10-13H2,1H3,(H3,24,26,27,30,31)/t16-,34-/m0/s1. The molecule has 1 fully saturated rings. The number of likely N-dealkylation sites (tertiary alicyclic amines) is 1. The molecule has 1 aromatic heterocycles. The SMILES string of the molecule is COC1CN([C@@H]2COc3c([S@@](=N)(=O)NC(=O)Nc4c5c(cc6c4CCC6)CCC5)cnn3C2)C1. The van der Waals surface area contributed by atoms with Gasteiger partial charge in [-0.15, -0.1) is 0 Å². The number of nitrogens with zero attached hydrogens (tertiary/aromatic N) is 3. The minimum Gasteiger partial charge on any atom is -0.475 e. The Bertz CT molecular complexity index is 1220. The third-order valence-corrected chi connectivity index (χ3v) is 8.91. The Morgan fingerprint density at radius 3 is 2.56 bits per heavy atom. The predicted octanol–water partition coefficient (Wildman–Crippen LogP) is 2.09. The lowest BCUT2D eigenvalue weighted by Crippen LogP contribution is -2.59. The average molecular weight is 487 g/mol. The summed E-state index contributed by atoms with van der Waals surface area (Å²) in [6.07, 6.45) is 7.69. The molecule has 0 saturated carbocycles. The van der Waals surface area contributed by atoms with Crippen LogP contribution in [0.15, 0.2) is 17.2 Å². The van der Waals surface area contributed by atoms with Crippen LogP contribution in [0.2, 0.25) is 0 Å².